The van der Waals surface area contributed by atoms with Crippen molar-refractivity contribution >= 4 is 5.96 Å². The predicted molar refractivity (Wildman–Crippen MR) is 114 cm³/mol. The van der Waals surface area contributed by atoms with Crippen molar-refractivity contribution in [1.29, 1.82) is 0 Å². The van der Waals surface area contributed by atoms with Gasteiger partial charge in [-0.3, -0.25) is 5.10 Å². The maximum absolute atomic E-state index is 4.77. The molecule has 0 radical (unpaired) electrons. The minimum absolute atomic E-state index is 0.595. The summed E-state index contributed by atoms with van der Waals surface area (Å²) < 4.78 is 0. The zero-order chi connectivity index (χ0) is 19.6. The van der Waals surface area contributed by atoms with Gasteiger partial charge in [0, 0.05) is 18.7 Å². The first-order valence-electron chi connectivity index (χ1n) is 9.77. The highest BCUT2D eigenvalue weighted by Crippen LogP contribution is 2.16. The SMILES string of the molecule is CCCCNC(=NCc1cccc(-c2ncn[nH]2)c1)NCc1ccc(C)cc1. The Kier molecular flexibility index (Phi) is 7.18. The number of rotatable bonds is 8. The molecule has 0 unspecified atom stereocenters. The molecule has 28 heavy (non-hydrogen) atoms. The van der Waals surface area contributed by atoms with E-state index >= 15 is 0 Å². The van der Waals surface area contributed by atoms with Crippen molar-refractivity contribution in [2.75, 3.05) is 6.54 Å². The predicted octanol–water partition coefficient (Wildman–Crippen LogP) is 3.82. The number of nitrogens with one attached hydrogen (secondary N) is 3. The Bertz CT molecular complexity index is 868. The van der Waals surface area contributed by atoms with E-state index < -0.39 is 0 Å². The highest BCUT2D eigenvalue weighted by atomic mass is 15.2. The molecule has 0 amide bonds. The number of aromatic amines is 1. The number of benzene rings is 2. The Hall–Kier alpha value is -3.15. The molecule has 6 nitrogen and oxygen atoms in total. The number of aromatic nitrogens is 3. The van der Waals surface area contributed by atoms with E-state index in [9.17, 15) is 0 Å². The molecule has 0 aliphatic heterocycles. The molecule has 0 saturated heterocycles. The molecule has 0 fully saturated rings. The van der Waals surface area contributed by atoms with E-state index in [0.29, 0.717) is 6.54 Å². The number of unbranched alkanes of at least 4 members (excludes halogenated alkanes) is 1. The minimum Gasteiger partial charge on any atom is -0.356 e. The van der Waals surface area contributed by atoms with Crippen LogP contribution in [0, 0.1) is 6.92 Å². The molecular formula is C22H28N6. The Morgan fingerprint density at radius 3 is 2.68 bits per heavy atom. The van der Waals surface area contributed by atoms with Gasteiger partial charge in [-0.2, -0.15) is 5.10 Å². The molecule has 0 bridgehead atoms. The molecule has 0 atom stereocenters. The first kappa shape index (κ1) is 19.6. The van der Waals surface area contributed by atoms with Gasteiger partial charge in [0.2, 0.25) is 0 Å². The average Bonchev–Trinajstić information content (AvgIpc) is 3.26. The van der Waals surface area contributed by atoms with Gasteiger partial charge in [-0.1, -0.05) is 61.4 Å². The third-order valence-electron chi connectivity index (χ3n) is 4.44. The summed E-state index contributed by atoms with van der Waals surface area (Å²) in [5.74, 6) is 1.60. The number of aliphatic imine (C=N–C) groups is 1. The Labute approximate surface area is 166 Å². The summed E-state index contributed by atoms with van der Waals surface area (Å²) in [6.07, 6.45) is 3.79. The molecule has 0 spiro atoms. The zero-order valence-electron chi connectivity index (χ0n) is 16.6. The number of hydrogen-bond acceptors (Lipinski definition) is 3. The van der Waals surface area contributed by atoms with Gasteiger partial charge >= 0.3 is 0 Å². The molecular weight excluding hydrogens is 348 g/mol. The first-order chi connectivity index (χ1) is 13.7. The van der Waals surface area contributed by atoms with Crippen molar-refractivity contribution < 1.29 is 0 Å². The summed E-state index contributed by atoms with van der Waals surface area (Å²) in [4.78, 5) is 8.98. The lowest BCUT2D eigenvalue weighted by molar-refractivity contribution is 0.724. The van der Waals surface area contributed by atoms with Crippen molar-refractivity contribution in [2.24, 2.45) is 4.99 Å². The lowest BCUT2D eigenvalue weighted by atomic mass is 10.1. The minimum atomic E-state index is 0.595. The highest BCUT2D eigenvalue weighted by Gasteiger charge is 2.03. The van der Waals surface area contributed by atoms with E-state index in [0.717, 1.165) is 48.8 Å². The molecule has 1 aromatic heterocycles. The Balaban J connectivity index is 1.66. The fourth-order valence-corrected chi connectivity index (χ4v) is 2.78. The third-order valence-corrected chi connectivity index (χ3v) is 4.44. The number of H-pyrrole nitrogens is 1. The van der Waals surface area contributed by atoms with Gasteiger partial charge in [-0.05, 0) is 30.5 Å². The van der Waals surface area contributed by atoms with Gasteiger partial charge in [-0.25, -0.2) is 9.98 Å². The summed E-state index contributed by atoms with van der Waals surface area (Å²) in [6.45, 7) is 6.54. The van der Waals surface area contributed by atoms with Crippen molar-refractivity contribution in [3.05, 3.63) is 71.5 Å². The molecule has 3 aromatic rings. The van der Waals surface area contributed by atoms with Gasteiger partial charge in [-0.15, -0.1) is 0 Å². The third kappa shape index (κ3) is 5.94. The van der Waals surface area contributed by atoms with Crippen LogP contribution in [-0.4, -0.2) is 27.7 Å². The lowest BCUT2D eigenvalue weighted by Crippen LogP contribution is -2.37. The zero-order valence-corrected chi connectivity index (χ0v) is 16.6. The van der Waals surface area contributed by atoms with Crippen molar-refractivity contribution in [3.8, 4) is 11.4 Å². The van der Waals surface area contributed by atoms with E-state index in [1.54, 1.807) is 0 Å². The van der Waals surface area contributed by atoms with Gasteiger partial charge < -0.3 is 10.6 Å². The summed E-state index contributed by atoms with van der Waals surface area (Å²) >= 11 is 0. The number of hydrogen-bond donors (Lipinski definition) is 3. The van der Waals surface area contributed by atoms with Crippen LogP contribution in [0.3, 0.4) is 0 Å². The van der Waals surface area contributed by atoms with E-state index in [2.05, 4.69) is 76.1 Å². The summed E-state index contributed by atoms with van der Waals surface area (Å²) in [5.41, 5.74) is 4.65. The fourth-order valence-electron chi connectivity index (χ4n) is 2.78. The first-order valence-corrected chi connectivity index (χ1v) is 9.77. The van der Waals surface area contributed by atoms with Crippen LogP contribution in [-0.2, 0) is 13.1 Å². The molecule has 0 aliphatic rings. The van der Waals surface area contributed by atoms with Crippen molar-refractivity contribution in [2.45, 2.75) is 39.8 Å². The number of nitrogens with zero attached hydrogens (tertiary/aromatic N) is 3. The van der Waals surface area contributed by atoms with Gasteiger partial charge in [0.15, 0.2) is 11.8 Å². The second-order valence-corrected chi connectivity index (χ2v) is 6.82. The summed E-state index contributed by atoms with van der Waals surface area (Å²) in [6, 6.07) is 16.8. The largest absolute Gasteiger partial charge is 0.356 e. The van der Waals surface area contributed by atoms with Crippen LogP contribution in [0.2, 0.25) is 0 Å². The second kappa shape index (κ2) is 10.3. The standard InChI is InChI=1S/C22H28N6/c1-3-4-12-23-22(24-14-18-10-8-17(2)9-11-18)25-15-19-6-5-7-20(13-19)21-26-16-27-28-21/h5-11,13,16H,3-4,12,14-15H2,1-2H3,(H2,23,24,25)(H,26,27,28). The van der Waals surface area contributed by atoms with Crippen LogP contribution >= 0.6 is 0 Å². The van der Waals surface area contributed by atoms with Crippen LogP contribution in [0.4, 0.5) is 0 Å². The van der Waals surface area contributed by atoms with Crippen LogP contribution in [0.25, 0.3) is 11.4 Å². The molecule has 0 aliphatic carbocycles. The quantitative estimate of drug-likeness (QED) is 0.317. The highest BCUT2D eigenvalue weighted by molar-refractivity contribution is 5.79. The average molecular weight is 377 g/mol. The smallest absolute Gasteiger partial charge is 0.191 e. The fraction of sp³-hybridized carbons (Fsp3) is 0.318. The Morgan fingerprint density at radius 1 is 1.07 bits per heavy atom. The molecule has 0 saturated carbocycles. The summed E-state index contributed by atoms with van der Waals surface area (Å²) in [7, 11) is 0. The molecule has 2 aromatic carbocycles. The van der Waals surface area contributed by atoms with Crippen LogP contribution in [0.5, 0.6) is 0 Å². The van der Waals surface area contributed by atoms with Crippen LogP contribution in [0.15, 0.2) is 59.9 Å². The maximum Gasteiger partial charge on any atom is 0.191 e. The summed E-state index contributed by atoms with van der Waals surface area (Å²) in [5, 5.41) is 13.7. The van der Waals surface area contributed by atoms with E-state index in [4.69, 9.17) is 4.99 Å². The van der Waals surface area contributed by atoms with Gasteiger partial charge in [0.05, 0.1) is 6.54 Å². The maximum atomic E-state index is 4.77. The van der Waals surface area contributed by atoms with Gasteiger partial charge in [0.25, 0.3) is 0 Å². The molecule has 146 valence electrons. The van der Waals surface area contributed by atoms with Crippen LogP contribution < -0.4 is 10.6 Å². The number of guanidine groups is 1. The molecule has 6 heteroatoms. The van der Waals surface area contributed by atoms with Gasteiger partial charge in [0.1, 0.15) is 6.33 Å². The Morgan fingerprint density at radius 2 is 1.93 bits per heavy atom. The van der Waals surface area contributed by atoms with E-state index in [1.807, 2.05) is 12.1 Å². The molecule has 3 rings (SSSR count). The van der Waals surface area contributed by atoms with E-state index in [1.165, 1.54) is 17.5 Å². The van der Waals surface area contributed by atoms with E-state index in [-0.39, 0.29) is 0 Å². The number of aryl methyl sites for hydroxylation is 1. The topological polar surface area (TPSA) is 78.0 Å². The lowest BCUT2D eigenvalue weighted by Gasteiger charge is -2.13. The second-order valence-electron chi connectivity index (χ2n) is 6.82. The van der Waals surface area contributed by atoms with Crippen molar-refractivity contribution in [1.82, 2.24) is 25.8 Å². The molecule has 1 heterocycles. The monoisotopic (exact) mass is 376 g/mol. The normalized spacial score (nSPS) is 11.4. The molecule has 3 N–H and O–H groups in total. The van der Waals surface area contributed by atoms with Crippen LogP contribution in [0.1, 0.15) is 36.5 Å². The van der Waals surface area contributed by atoms with Crippen molar-refractivity contribution in [3.63, 3.8) is 0 Å².